The van der Waals surface area contributed by atoms with Gasteiger partial charge in [0.25, 0.3) is 5.69 Å². The van der Waals surface area contributed by atoms with Crippen LogP contribution in [-0.2, 0) is 5.41 Å². The lowest BCUT2D eigenvalue weighted by molar-refractivity contribution is -0.384. The number of hydrogen-bond acceptors (Lipinski definition) is 6. The third-order valence-corrected chi connectivity index (χ3v) is 3.65. The Balaban J connectivity index is 2.00. The number of nitrogens with zero attached hydrogens (tertiary/aromatic N) is 3. The average molecular weight is 274 g/mol. The first kappa shape index (κ1) is 12.7. The van der Waals surface area contributed by atoms with E-state index in [1.165, 1.54) is 6.07 Å². The highest BCUT2D eigenvalue weighted by atomic mass is 16.6. The zero-order valence-electron chi connectivity index (χ0n) is 11.0. The van der Waals surface area contributed by atoms with Gasteiger partial charge in [-0.3, -0.25) is 10.1 Å². The molecule has 3 rings (SSSR count). The number of benzene rings is 1. The van der Waals surface area contributed by atoms with E-state index in [1.54, 1.807) is 18.2 Å². The van der Waals surface area contributed by atoms with E-state index < -0.39 is 4.92 Å². The van der Waals surface area contributed by atoms with Gasteiger partial charge in [-0.2, -0.15) is 4.98 Å². The lowest BCUT2D eigenvalue weighted by Crippen LogP contribution is -2.25. The monoisotopic (exact) mass is 274 g/mol. The average Bonchev–Trinajstić information content (AvgIpc) is 3.08. The minimum Gasteiger partial charge on any atom is -0.338 e. The van der Waals surface area contributed by atoms with Crippen LogP contribution >= 0.6 is 0 Å². The van der Waals surface area contributed by atoms with Crippen LogP contribution in [0.5, 0.6) is 0 Å². The molecule has 2 heterocycles. The van der Waals surface area contributed by atoms with E-state index in [0.29, 0.717) is 11.5 Å². The van der Waals surface area contributed by atoms with Gasteiger partial charge in [-0.15, -0.1) is 0 Å². The van der Waals surface area contributed by atoms with Gasteiger partial charge in [-0.25, -0.2) is 0 Å². The summed E-state index contributed by atoms with van der Waals surface area (Å²) in [5.74, 6) is 0.788. The van der Waals surface area contributed by atoms with Crippen LogP contribution in [0, 0.1) is 10.1 Å². The SMILES string of the molecule is CC1(c2nc(-c3ccccc3[N+](=O)[O-])no2)CCNC1. The molecule has 0 aliphatic carbocycles. The summed E-state index contributed by atoms with van der Waals surface area (Å²) in [6.45, 7) is 3.72. The van der Waals surface area contributed by atoms with Crippen molar-refractivity contribution < 1.29 is 9.45 Å². The first-order valence-electron chi connectivity index (χ1n) is 6.39. The molecule has 1 N–H and O–H groups in total. The predicted molar refractivity (Wildman–Crippen MR) is 71.2 cm³/mol. The molecule has 1 aromatic carbocycles. The fraction of sp³-hybridized carbons (Fsp3) is 0.385. The van der Waals surface area contributed by atoms with Crippen molar-refractivity contribution in [2.75, 3.05) is 13.1 Å². The second-order valence-corrected chi connectivity index (χ2v) is 5.18. The molecule has 7 nitrogen and oxygen atoms in total. The van der Waals surface area contributed by atoms with Crippen LogP contribution in [0.3, 0.4) is 0 Å². The molecule has 0 spiro atoms. The van der Waals surface area contributed by atoms with E-state index in [1.807, 2.05) is 6.92 Å². The Bertz CT molecular complexity index is 647. The summed E-state index contributed by atoms with van der Waals surface area (Å²) >= 11 is 0. The predicted octanol–water partition coefficient (Wildman–Crippen LogP) is 1.90. The van der Waals surface area contributed by atoms with Crippen LogP contribution < -0.4 is 5.32 Å². The molecule has 20 heavy (non-hydrogen) atoms. The van der Waals surface area contributed by atoms with Crippen LogP contribution in [0.15, 0.2) is 28.8 Å². The van der Waals surface area contributed by atoms with Gasteiger partial charge < -0.3 is 9.84 Å². The van der Waals surface area contributed by atoms with E-state index in [2.05, 4.69) is 15.5 Å². The Morgan fingerprint density at radius 1 is 1.45 bits per heavy atom. The number of para-hydroxylation sites is 1. The molecule has 7 heteroatoms. The molecule has 1 aliphatic heterocycles. The Labute approximate surface area is 115 Å². The minimum atomic E-state index is -0.440. The first-order chi connectivity index (χ1) is 9.60. The fourth-order valence-corrected chi connectivity index (χ4v) is 2.40. The maximum Gasteiger partial charge on any atom is 0.280 e. The first-order valence-corrected chi connectivity index (χ1v) is 6.39. The molecule has 0 amide bonds. The summed E-state index contributed by atoms with van der Waals surface area (Å²) < 4.78 is 5.32. The van der Waals surface area contributed by atoms with Gasteiger partial charge in [0.2, 0.25) is 11.7 Å². The van der Waals surface area contributed by atoms with Crippen molar-refractivity contribution in [1.29, 1.82) is 0 Å². The van der Waals surface area contributed by atoms with E-state index >= 15 is 0 Å². The Hall–Kier alpha value is -2.28. The molecule has 0 saturated carbocycles. The zero-order valence-corrected chi connectivity index (χ0v) is 11.0. The summed E-state index contributed by atoms with van der Waals surface area (Å²) in [6, 6.07) is 6.40. The number of hydrogen-bond donors (Lipinski definition) is 1. The molecule has 0 bridgehead atoms. The normalized spacial score (nSPS) is 22.1. The van der Waals surface area contributed by atoms with E-state index in [-0.39, 0.29) is 16.9 Å². The summed E-state index contributed by atoms with van der Waals surface area (Å²) in [5, 5.41) is 18.2. The summed E-state index contributed by atoms with van der Waals surface area (Å²) in [5.41, 5.74) is 0.158. The molecule has 2 aromatic rings. The highest BCUT2D eigenvalue weighted by Gasteiger charge is 2.36. The van der Waals surface area contributed by atoms with Gasteiger partial charge in [0, 0.05) is 12.6 Å². The van der Waals surface area contributed by atoms with Gasteiger partial charge in [0.1, 0.15) is 5.56 Å². The summed E-state index contributed by atoms with van der Waals surface area (Å²) in [7, 11) is 0. The van der Waals surface area contributed by atoms with E-state index in [9.17, 15) is 10.1 Å². The maximum atomic E-state index is 11.0. The molecule has 1 aliphatic rings. The molecule has 1 aromatic heterocycles. The number of nitro benzene ring substituents is 1. The van der Waals surface area contributed by atoms with Crippen LogP contribution in [0.25, 0.3) is 11.4 Å². The number of aromatic nitrogens is 2. The van der Waals surface area contributed by atoms with Gasteiger partial charge in [0.05, 0.1) is 10.3 Å². The summed E-state index contributed by atoms with van der Waals surface area (Å²) in [6.07, 6.45) is 0.908. The maximum absolute atomic E-state index is 11.0. The largest absolute Gasteiger partial charge is 0.338 e. The molecule has 1 saturated heterocycles. The Morgan fingerprint density at radius 3 is 2.95 bits per heavy atom. The third-order valence-electron chi connectivity index (χ3n) is 3.65. The minimum absolute atomic E-state index is 0.0189. The number of rotatable bonds is 3. The standard InChI is InChI=1S/C13H14N4O3/c1-13(6-7-14-8-13)12-15-11(16-20-12)9-4-2-3-5-10(9)17(18)19/h2-5,14H,6-8H2,1H3. The van der Waals surface area contributed by atoms with Crippen molar-refractivity contribution in [3.8, 4) is 11.4 Å². The fourth-order valence-electron chi connectivity index (χ4n) is 2.40. The van der Waals surface area contributed by atoms with Gasteiger partial charge in [0.15, 0.2) is 0 Å². The highest BCUT2D eigenvalue weighted by Crippen LogP contribution is 2.32. The van der Waals surface area contributed by atoms with E-state index in [4.69, 9.17) is 4.52 Å². The third kappa shape index (κ3) is 2.05. The van der Waals surface area contributed by atoms with Gasteiger partial charge >= 0.3 is 0 Å². The van der Waals surface area contributed by atoms with Crippen molar-refractivity contribution in [2.24, 2.45) is 0 Å². The number of nitrogens with one attached hydrogen (secondary N) is 1. The Kier molecular flexibility index (Phi) is 2.98. The molecule has 0 radical (unpaired) electrons. The topological polar surface area (TPSA) is 94.1 Å². The van der Waals surface area contributed by atoms with Gasteiger partial charge in [-0.1, -0.05) is 17.3 Å². The van der Waals surface area contributed by atoms with Crippen LogP contribution in [0.4, 0.5) is 5.69 Å². The van der Waals surface area contributed by atoms with Crippen LogP contribution in [0.2, 0.25) is 0 Å². The number of nitro groups is 1. The van der Waals surface area contributed by atoms with Crippen molar-refractivity contribution in [1.82, 2.24) is 15.5 Å². The second-order valence-electron chi connectivity index (χ2n) is 5.18. The van der Waals surface area contributed by atoms with Crippen LogP contribution in [0.1, 0.15) is 19.2 Å². The molecule has 1 atom stereocenters. The Morgan fingerprint density at radius 2 is 2.25 bits per heavy atom. The molecule has 104 valence electrons. The molecule has 1 unspecified atom stereocenters. The molecule has 1 fully saturated rings. The van der Waals surface area contributed by atoms with Crippen LogP contribution in [-0.4, -0.2) is 28.2 Å². The lowest BCUT2D eigenvalue weighted by atomic mass is 9.90. The molecular formula is C13H14N4O3. The lowest BCUT2D eigenvalue weighted by Gasteiger charge is -2.15. The summed E-state index contributed by atoms with van der Waals surface area (Å²) in [4.78, 5) is 14.9. The van der Waals surface area contributed by atoms with Crippen molar-refractivity contribution >= 4 is 5.69 Å². The van der Waals surface area contributed by atoms with Crippen molar-refractivity contribution in [3.63, 3.8) is 0 Å². The van der Waals surface area contributed by atoms with Crippen molar-refractivity contribution in [2.45, 2.75) is 18.8 Å². The van der Waals surface area contributed by atoms with Crippen molar-refractivity contribution in [3.05, 3.63) is 40.3 Å². The quantitative estimate of drug-likeness (QED) is 0.678. The smallest absolute Gasteiger partial charge is 0.280 e. The molecular weight excluding hydrogens is 260 g/mol. The van der Waals surface area contributed by atoms with E-state index in [0.717, 1.165) is 19.5 Å². The second kappa shape index (κ2) is 4.68. The zero-order chi connectivity index (χ0) is 14.2. The highest BCUT2D eigenvalue weighted by molar-refractivity contribution is 5.67. The van der Waals surface area contributed by atoms with Gasteiger partial charge in [-0.05, 0) is 26.0 Å².